The zero-order valence-corrected chi connectivity index (χ0v) is 14.0. The Balaban J connectivity index is 1.72. The summed E-state index contributed by atoms with van der Waals surface area (Å²) in [5.41, 5.74) is 1.76. The van der Waals surface area contributed by atoms with Crippen molar-refractivity contribution in [3.63, 3.8) is 0 Å². The molecule has 2 aromatic rings. The van der Waals surface area contributed by atoms with Gasteiger partial charge in [0.05, 0.1) is 6.04 Å². The summed E-state index contributed by atoms with van der Waals surface area (Å²) in [5.74, 6) is -1.06. The summed E-state index contributed by atoms with van der Waals surface area (Å²) in [6.45, 7) is 0.893. The maximum atomic E-state index is 14.2. The lowest BCUT2D eigenvalue weighted by atomic mass is 10.0. The molecular formula is C21H18F2N2O. The first kappa shape index (κ1) is 16.7. The molecule has 0 bridgehead atoms. The average molecular weight is 352 g/mol. The molecule has 132 valence electrons. The first-order valence-corrected chi connectivity index (χ1v) is 8.55. The molecule has 0 aromatic heterocycles. The van der Waals surface area contributed by atoms with Crippen LogP contribution >= 0.6 is 0 Å². The van der Waals surface area contributed by atoms with Crippen molar-refractivity contribution in [3.8, 4) is 0 Å². The third-order valence-corrected chi connectivity index (χ3v) is 4.78. The molecule has 5 heteroatoms. The van der Waals surface area contributed by atoms with Gasteiger partial charge < -0.3 is 4.90 Å². The number of nitrogens with zero attached hydrogens (tertiary/aromatic N) is 1. The van der Waals surface area contributed by atoms with Crippen molar-refractivity contribution in [2.75, 3.05) is 13.1 Å². The van der Waals surface area contributed by atoms with Crippen LogP contribution in [0.4, 0.5) is 8.78 Å². The summed E-state index contributed by atoms with van der Waals surface area (Å²) in [6, 6.07) is 12.3. The number of carbonyl (C=O) groups excluding carboxylic acids is 1. The maximum Gasteiger partial charge on any atom is 0.244 e. The van der Waals surface area contributed by atoms with Gasteiger partial charge in [-0.25, -0.2) is 8.78 Å². The largest absolute Gasteiger partial charge is 0.326 e. The van der Waals surface area contributed by atoms with E-state index in [1.807, 2.05) is 48.6 Å². The highest BCUT2D eigenvalue weighted by Crippen LogP contribution is 2.36. The van der Waals surface area contributed by atoms with E-state index in [9.17, 15) is 13.6 Å². The van der Waals surface area contributed by atoms with E-state index in [1.54, 1.807) is 4.90 Å². The van der Waals surface area contributed by atoms with Gasteiger partial charge in [0.25, 0.3) is 0 Å². The average Bonchev–Trinajstić information content (AvgIpc) is 3.34. The van der Waals surface area contributed by atoms with Crippen LogP contribution in [0, 0.1) is 11.6 Å². The van der Waals surface area contributed by atoms with Crippen LogP contribution in [0.5, 0.6) is 0 Å². The molecule has 2 aromatic carbocycles. The Bertz CT molecular complexity index is 892. The second-order valence-electron chi connectivity index (χ2n) is 6.45. The van der Waals surface area contributed by atoms with Crippen molar-refractivity contribution in [2.24, 2.45) is 0 Å². The Labute approximate surface area is 150 Å². The van der Waals surface area contributed by atoms with E-state index in [2.05, 4.69) is 5.32 Å². The van der Waals surface area contributed by atoms with E-state index in [1.165, 1.54) is 6.07 Å². The van der Waals surface area contributed by atoms with Crippen molar-refractivity contribution in [1.82, 2.24) is 10.2 Å². The smallest absolute Gasteiger partial charge is 0.244 e. The highest BCUT2D eigenvalue weighted by Gasteiger charge is 2.34. The topological polar surface area (TPSA) is 32.3 Å². The predicted molar refractivity (Wildman–Crippen MR) is 96.2 cm³/mol. The first-order valence-electron chi connectivity index (χ1n) is 8.55. The van der Waals surface area contributed by atoms with Gasteiger partial charge in [-0.05, 0) is 29.3 Å². The fourth-order valence-electron chi connectivity index (χ4n) is 3.49. The molecule has 0 aliphatic carbocycles. The molecule has 0 saturated heterocycles. The minimum atomic E-state index is -0.497. The Kier molecular flexibility index (Phi) is 4.39. The molecule has 2 aliphatic heterocycles. The number of carbonyl (C=O) groups is 1. The lowest BCUT2D eigenvalue weighted by molar-refractivity contribution is -0.132. The fourth-order valence-corrected chi connectivity index (χ4v) is 3.49. The highest BCUT2D eigenvalue weighted by atomic mass is 19.1. The Morgan fingerprint density at radius 1 is 1.12 bits per heavy atom. The van der Waals surface area contributed by atoms with E-state index in [0.717, 1.165) is 17.7 Å². The predicted octanol–water partition coefficient (Wildman–Crippen LogP) is 3.46. The standard InChI is InChI=1S/C21H18F2N2O/c22-16-8-9-18(23)17(12-16)15-11-20(14-5-2-1-3-6-14)25(13-15)21(26)19-7-4-10-24-19/h1-9,11-12,19-20,24H,10,13H2/t19-,20?/m0/s1. The normalized spacial score (nSPS) is 21.9. The lowest BCUT2D eigenvalue weighted by Gasteiger charge is -2.27. The van der Waals surface area contributed by atoms with Crippen LogP contribution < -0.4 is 5.32 Å². The summed E-state index contributed by atoms with van der Waals surface area (Å²) >= 11 is 0. The van der Waals surface area contributed by atoms with E-state index < -0.39 is 11.6 Å². The number of halogens is 2. The Morgan fingerprint density at radius 2 is 1.92 bits per heavy atom. The molecule has 0 fully saturated rings. The number of rotatable bonds is 3. The summed E-state index contributed by atoms with van der Waals surface area (Å²) in [6.07, 6.45) is 5.60. The summed E-state index contributed by atoms with van der Waals surface area (Å²) in [5, 5.41) is 3.12. The van der Waals surface area contributed by atoms with Crippen molar-refractivity contribution in [1.29, 1.82) is 0 Å². The van der Waals surface area contributed by atoms with E-state index in [0.29, 0.717) is 12.1 Å². The van der Waals surface area contributed by atoms with Crippen LogP contribution in [-0.4, -0.2) is 29.9 Å². The van der Waals surface area contributed by atoms with Gasteiger partial charge in [0.1, 0.15) is 17.7 Å². The summed E-state index contributed by atoms with van der Waals surface area (Å²) < 4.78 is 27.9. The van der Waals surface area contributed by atoms with E-state index >= 15 is 0 Å². The molecule has 3 nitrogen and oxygen atoms in total. The minimum Gasteiger partial charge on any atom is -0.326 e. The maximum absolute atomic E-state index is 14.2. The molecule has 4 rings (SSSR count). The number of amides is 1. The van der Waals surface area contributed by atoms with Gasteiger partial charge in [-0.15, -0.1) is 0 Å². The van der Waals surface area contributed by atoms with Crippen LogP contribution in [0.2, 0.25) is 0 Å². The van der Waals surface area contributed by atoms with E-state index in [4.69, 9.17) is 0 Å². The van der Waals surface area contributed by atoms with Crippen LogP contribution in [0.1, 0.15) is 17.2 Å². The van der Waals surface area contributed by atoms with Gasteiger partial charge in [0.2, 0.25) is 5.91 Å². The Morgan fingerprint density at radius 3 is 2.65 bits per heavy atom. The van der Waals surface area contributed by atoms with Crippen molar-refractivity contribution < 1.29 is 13.6 Å². The summed E-state index contributed by atoms with van der Waals surface area (Å²) in [7, 11) is 0. The third kappa shape index (κ3) is 3.06. The molecule has 0 saturated carbocycles. The number of hydrogen-bond acceptors (Lipinski definition) is 2. The van der Waals surface area contributed by atoms with Crippen molar-refractivity contribution in [2.45, 2.75) is 12.1 Å². The lowest BCUT2D eigenvalue weighted by Crippen LogP contribution is -2.43. The SMILES string of the molecule is O=C([C@@H]1C=CCN1)N1CC(c2cc(F)ccc2F)=CC1c1ccccc1. The zero-order valence-electron chi connectivity index (χ0n) is 14.0. The molecule has 0 radical (unpaired) electrons. The number of nitrogens with one attached hydrogen (secondary N) is 1. The Hall–Kier alpha value is -2.79. The van der Waals surface area contributed by atoms with Crippen molar-refractivity contribution >= 4 is 11.5 Å². The van der Waals surface area contributed by atoms with Crippen LogP contribution in [0.15, 0.2) is 66.8 Å². The fraction of sp³-hybridized carbons (Fsp3) is 0.190. The monoisotopic (exact) mass is 352 g/mol. The second kappa shape index (κ2) is 6.84. The van der Waals surface area contributed by atoms with Gasteiger partial charge in [0, 0.05) is 18.7 Å². The van der Waals surface area contributed by atoms with Gasteiger partial charge in [-0.2, -0.15) is 0 Å². The molecule has 1 amide bonds. The van der Waals surface area contributed by atoms with Gasteiger partial charge in [-0.3, -0.25) is 10.1 Å². The second-order valence-corrected chi connectivity index (χ2v) is 6.45. The highest BCUT2D eigenvalue weighted by molar-refractivity contribution is 5.88. The third-order valence-electron chi connectivity index (χ3n) is 4.78. The minimum absolute atomic E-state index is 0.0735. The van der Waals surface area contributed by atoms with Crippen LogP contribution in [-0.2, 0) is 4.79 Å². The molecule has 1 N–H and O–H groups in total. The zero-order chi connectivity index (χ0) is 18.1. The van der Waals surface area contributed by atoms with Gasteiger partial charge >= 0.3 is 0 Å². The molecule has 0 spiro atoms. The molecule has 2 aliphatic rings. The van der Waals surface area contributed by atoms with Gasteiger partial charge in [-0.1, -0.05) is 48.6 Å². The van der Waals surface area contributed by atoms with Crippen LogP contribution in [0.3, 0.4) is 0 Å². The number of benzene rings is 2. The number of hydrogen-bond donors (Lipinski definition) is 1. The van der Waals surface area contributed by atoms with Crippen LogP contribution in [0.25, 0.3) is 5.57 Å². The van der Waals surface area contributed by atoms with Crippen molar-refractivity contribution in [3.05, 3.63) is 89.5 Å². The molecule has 2 atom stereocenters. The first-order chi connectivity index (χ1) is 12.6. The van der Waals surface area contributed by atoms with Gasteiger partial charge in [0.15, 0.2) is 0 Å². The summed E-state index contributed by atoms with van der Waals surface area (Å²) in [4.78, 5) is 14.7. The van der Waals surface area contributed by atoms with E-state index in [-0.39, 0.29) is 30.1 Å². The molecule has 1 unspecified atom stereocenters. The molecule has 2 heterocycles. The quantitative estimate of drug-likeness (QED) is 0.858. The molecular weight excluding hydrogens is 334 g/mol. The molecule has 26 heavy (non-hydrogen) atoms.